The van der Waals surface area contributed by atoms with Gasteiger partial charge in [-0.25, -0.2) is 0 Å². The first-order valence-electron chi connectivity index (χ1n) is 6.96. The van der Waals surface area contributed by atoms with E-state index in [0.29, 0.717) is 17.9 Å². The minimum atomic E-state index is -0.139. The van der Waals surface area contributed by atoms with Gasteiger partial charge in [-0.3, -0.25) is 9.78 Å². The molecule has 1 atom stereocenters. The lowest BCUT2D eigenvalue weighted by Gasteiger charge is -2.22. The van der Waals surface area contributed by atoms with Gasteiger partial charge in [-0.05, 0) is 36.8 Å². The zero-order valence-electron chi connectivity index (χ0n) is 11.8. The van der Waals surface area contributed by atoms with Crippen LogP contribution < -0.4 is 15.4 Å². The third-order valence-corrected chi connectivity index (χ3v) is 3.48. The fourth-order valence-corrected chi connectivity index (χ4v) is 2.36. The second-order valence-corrected chi connectivity index (χ2v) is 4.93. The number of rotatable bonds is 3. The molecule has 0 radical (unpaired) electrons. The number of hydrogen-bond acceptors (Lipinski definition) is 4. The van der Waals surface area contributed by atoms with Gasteiger partial charge in [0.25, 0.3) is 5.91 Å². The molecule has 2 aromatic rings. The summed E-state index contributed by atoms with van der Waals surface area (Å²) in [6, 6.07) is 9.24. The number of carbonyl (C=O) groups excluding carboxylic acids is 1. The van der Waals surface area contributed by atoms with Crippen molar-refractivity contribution in [1.82, 2.24) is 10.3 Å². The van der Waals surface area contributed by atoms with Crippen LogP contribution in [0.4, 0.5) is 5.69 Å². The van der Waals surface area contributed by atoms with Crippen LogP contribution in [0.5, 0.6) is 5.75 Å². The highest BCUT2D eigenvalue weighted by molar-refractivity contribution is 5.99. The third kappa shape index (κ3) is 2.81. The Labute approximate surface area is 123 Å². The van der Waals surface area contributed by atoms with Crippen molar-refractivity contribution >= 4 is 11.6 Å². The number of pyridine rings is 1. The Kier molecular flexibility index (Phi) is 3.73. The molecule has 5 nitrogen and oxygen atoms in total. The number of aromatic nitrogens is 1. The molecule has 1 aromatic carbocycles. The lowest BCUT2D eigenvalue weighted by Crippen LogP contribution is -2.28. The molecule has 3 rings (SSSR count). The fourth-order valence-electron chi connectivity index (χ4n) is 2.36. The standard InChI is InChI=1S/C16H17N3O2/c1-11(12-5-7-17-8-6-12)19-16(20)13-3-2-4-14-15(13)21-10-9-18-14/h2-8,11,18H,9-10H2,1H3,(H,19,20)/t11-/m0/s1. The molecular formula is C16H17N3O2. The first-order chi connectivity index (χ1) is 10.3. The first-order valence-corrected chi connectivity index (χ1v) is 6.96. The molecule has 0 saturated heterocycles. The Bertz CT molecular complexity index is 643. The topological polar surface area (TPSA) is 63.2 Å². The Hall–Kier alpha value is -2.56. The third-order valence-electron chi connectivity index (χ3n) is 3.48. The molecule has 108 valence electrons. The summed E-state index contributed by atoms with van der Waals surface area (Å²) in [6.07, 6.45) is 3.44. The van der Waals surface area contributed by atoms with Crippen molar-refractivity contribution in [1.29, 1.82) is 0 Å². The highest BCUT2D eigenvalue weighted by Crippen LogP contribution is 2.31. The lowest BCUT2D eigenvalue weighted by molar-refractivity contribution is 0.0935. The number of benzene rings is 1. The van der Waals surface area contributed by atoms with Gasteiger partial charge in [-0.15, -0.1) is 0 Å². The van der Waals surface area contributed by atoms with Crippen molar-refractivity contribution in [3.05, 3.63) is 53.9 Å². The van der Waals surface area contributed by atoms with Gasteiger partial charge in [0.2, 0.25) is 0 Å². The van der Waals surface area contributed by atoms with E-state index in [-0.39, 0.29) is 11.9 Å². The van der Waals surface area contributed by atoms with Crippen molar-refractivity contribution in [2.75, 3.05) is 18.5 Å². The van der Waals surface area contributed by atoms with E-state index in [9.17, 15) is 4.79 Å². The largest absolute Gasteiger partial charge is 0.489 e. The van der Waals surface area contributed by atoms with E-state index < -0.39 is 0 Å². The molecule has 1 amide bonds. The Morgan fingerprint density at radius 2 is 2.14 bits per heavy atom. The molecule has 21 heavy (non-hydrogen) atoms. The zero-order valence-corrected chi connectivity index (χ0v) is 11.8. The molecule has 0 aliphatic carbocycles. The predicted octanol–water partition coefficient (Wildman–Crippen LogP) is 2.38. The van der Waals surface area contributed by atoms with Crippen LogP contribution in [-0.2, 0) is 0 Å². The van der Waals surface area contributed by atoms with Crippen molar-refractivity contribution in [3.63, 3.8) is 0 Å². The monoisotopic (exact) mass is 283 g/mol. The summed E-state index contributed by atoms with van der Waals surface area (Å²) in [7, 11) is 0. The molecule has 0 spiro atoms. The van der Waals surface area contributed by atoms with E-state index in [1.807, 2.05) is 31.2 Å². The second kappa shape index (κ2) is 5.83. The van der Waals surface area contributed by atoms with E-state index in [1.54, 1.807) is 18.5 Å². The maximum absolute atomic E-state index is 12.5. The maximum Gasteiger partial charge on any atom is 0.255 e. The summed E-state index contributed by atoms with van der Waals surface area (Å²) in [6.45, 7) is 3.27. The summed E-state index contributed by atoms with van der Waals surface area (Å²) >= 11 is 0. The van der Waals surface area contributed by atoms with Gasteiger partial charge in [0.15, 0.2) is 5.75 Å². The number of nitrogens with one attached hydrogen (secondary N) is 2. The minimum absolute atomic E-state index is 0.0899. The zero-order chi connectivity index (χ0) is 14.7. The van der Waals surface area contributed by atoms with Crippen LogP contribution in [-0.4, -0.2) is 24.0 Å². The minimum Gasteiger partial charge on any atom is -0.489 e. The Morgan fingerprint density at radius 3 is 2.95 bits per heavy atom. The van der Waals surface area contributed by atoms with E-state index in [0.717, 1.165) is 17.8 Å². The number of ether oxygens (including phenoxy) is 1. The lowest BCUT2D eigenvalue weighted by atomic mass is 10.1. The molecule has 1 aliphatic heterocycles. The van der Waals surface area contributed by atoms with E-state index in [2.05, 4.69) is 15.6 Å². The van der Waals surface area contributed by atoms with E-state index >= 15 is 0 Å². The van der Waals surface area contributed by atoms with E-state index in [1.165, 1.54) is 0 Å². The summed E-state index contributed by atoms with van der Waals surface area (Å²) in [5.74, 6) is 0.489. The molecule has 2 N–H and O–H groups in total. The molecule has 1 aliphatic rings. The number of hydrogen-bond donors (Lipinski definition) is 2. The average molecular weight is 283 g/mol. The molecule has 0 bridgehead atoms. The molecule has 2 heterocycles. The number of carbonyl (C=O) groups is 1. The van der Waals surface area contributed by atoms with Gasteiger partial charge in [0.1, 0.15) is 6.61 Å². The number of nitrogens with zero attached hydrogens (tertiary/aromatic N) is 1. The van der Waals surface area contributed by atoms with E-state index in [4.69, 9.17) is 4.74 Å². The van der Waals surface area contributed by atoms with Crippen LogP contribution in [0.3, 0.4) is 0 Å². The van der Waals surface area contributed by atoms with Crippen LogP contribution >= 0.6 is 0 Å². The summed E-state index contributed by atoms with van der Waals surface area (Å²) in [5.41, 5.74) is 2.44. The van der Waals surface area contributed by atoms with Crippen molar-refractivity contribution in [2.45, 2.75) is 13.0 Å². The smallest absolute Gasteiger partial charge is 0.255 e. The highest BCUT2D eigenvalue weighted by Gasteiger charge is 2.20. The van der Waals surface area contributed by atoms with Crippen molar-refractivity contribution < 1.29 is 9.53 Å². The quantitative estimate of drug-likeness (QED) is 0.908. The maximum atomic E-state index is 12.5. The number of para-hydroxylation sites is 1. The molecule has 5 heteroatoms. The van der Waals surface area contributed by atoms with Crippen LogP contribution in [0.15, 0.2) is 42.7 Å². The van der Waals surface area contributed by atoms with Gasteiger partial charge in [-0.1, -0.05) is 6.07 Å². The Balaban J connectivity index is 1.80. The van der Waals surface area contributed by atoms with Crippen LogP contribution in [0.25, 0.3) is 0 Å². The summed E-state index contributed by atoms with van der Waals surface area (Å²) in [5, 5.41) is 6.22. The molecule has 0 saturated carbocycles. The number of amides is 1. The molecule has 1 aromatic heterocycles. The summed E-state index contributed by atoms with van der Waals surface area (Å²) < 4.78 is 5.63. The normalized spacial score (nSPS) is 14.3. The van der Waals surface area contributed by atoms with Crippen LogP contribution in [0.1, 0.15) is 28.9 Å². The number of anilines is 1. The highest BCUT2D eigenvalue weighted by atomic mass is 16.5. The second-order valence-electron chi connectivity index (χ2n) is 4.93. The average Bonchev–Trinajstić information content (AvgIpc) is 2.55. The van der Waals surface area contributed by atoms with Crippen LogP contribution in [0, 0.1) is 0 Å². The SMILES string of the molecule is C[C@H](NC(=O)c1cccc2c1OCCN2)c1ccncc1. The summed E-state index contributed by atoms with van der Waals surface area (Å²) in [4.78, 5) is 16.4. The Morgan fingerprint density at radius 1 is 1.33 bits per heavy atom. The van der Waals surface area contributed by atoms with Crippen molar-refractivity contribution in [2.24, 2.45) is 0 Å². The first kappa shape index (κ1) is 13.4. The van der Waals surface area contributed by atoms with Gasteiger partial charge in [0.05, 0.1) is 17.3 Å². The molecular weight excluding hydrogens is 266 g/mol. The van der Waals surface area contributed by atoms with Gasteiger partial charge in [-0.2, -0.15) is 0 Å². The predicted molar refractivity (Wildman–Crippen MR) is 80.5 cm³/mol. The number of fused-ring (bicyclic) bond motifs is 1. The molecule has 0 unspecified atom stereocenters. The fraction of sp³-hybridized carbons (Fsp3) is 0.250. The molecule has 0 fully saturated rings. The van der Waals surface area contributed by atoms with Gasteiger partial charge < -0.3 is 15.4 Å². The van der Waals surface area contributed by atoms with Gasteiger partial charge >= 0.3 is 0 Å². The van der Waals surface area contributed by atoms with Gasteiger partial charge in [0, 0.05) is 18.9 Å². The van der Waals surface area contributed by atoms with Crippen molar-refractivity contribution in [3.8, 4) is 5.75 Å². The van der Waals surface area contributed by atoms with Crippen LogP contribution in [0.2, 0.25) is 0 Å².